The maximum atomic E-state index is 3.66. The lowest BCUT2D eigenvalue weighted by Gasteiger charge is -2.27. The van der Waals surface area contributed by atoms with Gasteiger partial charge < -0.3 is 10.6 Å². The summed E-state index contributed by atoms with van der Waals surface area (Å²) in [5.74, 6) is 0.688. The van der Waals surface area contributed by atoms with E-state index < -0.39 is 0 Å². The van der Waals surface area contributed by atoms with Gasteiger partial charge in [0.1, 0.15) is 0 Å². The third-order valence-corrected chi connectivity index (χ3v) is 4.31. The Balaban J connectivity index is 1.61. The van der Waals surface area contributed by atoms with Crippen LogP contribution >= 0.6 is 0 Å². The maximum absolute atomic E-state index is 3.66. The first-order valence-electron chi connectivity index (χ1n) is 8.45. The lowest BCUT2D eigenvalue weighted by Crippen LogP contribution is -2.27. The quantitative estimate of drug-likeness (QED) is 0.646. The molecular weight excluding hydrogens is 244 g/mol. The zero-order valence-corrected chi connectivity index (χ0v) is 13.0. The van der Waals surface area contributed by atoms with Crippen molar-refractivity contribution in [2.75, 3.05) is 25.0 Å². The van der Waals surface area contributed by atoms with Gasteiger partial charge >= 0.3 is 0 Å². The monoisotopic (exact) mass is 274 g/mol. The minimum Gasteiger partial charge on any atom is -0.385 e. The molecule has 0 aromatic heterocycles. The fraction of sp³-hybridized carbons (Fsp3) is 0.667. The molecule has 1 unspecified atom stereocenters. The lowest BCUT2D eigenvalue weighted by molar-refractivity contribution is 0.524. The molecule has 0 radical (unpaired) electrons. The molecule has 1 aliphatic rings. The Morgan fingerprint density at radius 2 is 1.90 bits per heavy atom. The van der Waals surface area contributed by atoms with E-state index in [0.717, 1.165) is 13.1 Å². The molecule has 0 saturated carbocycles. The van der Waals surface area contributed by atoms with Gasteiger partial charge in [0.25, 0.3) is 0 Å². The number of nitrogens with one attached hydrogen (secondary N) is 2. The number of rotatable bonds is 9. The molecule has 2 heteroatoms. The van der Waals surface area contributed by atoms with Gasteiger partial charge in [-0.05, 0) is 31.0 Å². The van der Waals surface area contributed by atoms with E-state index in [1.165, 1.54) is 62.7 Å². The van der Waals surface area contributed by atoms with Crippen LogP contribution in [0.2, 0.25) is 0 Å². The molecule has 2 rings (SSSR count). The summed E-state index contributed by atoms with van der Waals surface area (Å²) < 4.78 is 0. The third kappa shape index (κ3) is 4.82. The topological polar surface area (TPSA) is 24.1 Å². The van der Waals surface area contributed by atoms with Crippen LogP contribution in [-0.2, 0) is 0 Å². The first-order chi connectivity index (χ1) is 9.92. The smallest absolute Gasteiger partial charge is 0.0376 e. The second kappa shape index (κ2) is 9.02. The first kappa shape index (κ1) is 15.4. The van der Waals surface area contributed by atoms with Gasteiger partial charge in [-0.25, -0.2) is 0 Å². The van der Waals surface area contributed by atoms with E-state index in [9.17, 15) is 0 Å². The van der Waals surface area contributed by atoms with Crippen LogP contribution in [0.5, 0.6) is 0 Å². The Morgan fingerprint density at radius 3 is 2.80 bits per heavy atom. The zero-order valence-electron chi connectivity index (χ0n) is 13.0. The summed E-state index contributed by atoms with van der Waals surface area (Å²) in [6.07, 6.45) is 9.53. The molecule has 1 atom stereocenters. The summed E-state index contributed by atoms with van der Waals surface area (Å²) in [7, 11) is 0. The van der Waals surface area contributed by atoms with Crippen molar-refractivity contribution in [2.24, 2.45) is 0 Å². The number of unbranched alkanes of at least 4 members (excludes halogenated alkanes) is 5. The molecular formula is C18H30N2. The summed E-state index contributed by atoms with van der Waals surface area (Å²) in [6, 6.07) is 8.76. The first-order valence-corrected chi connectivity index (χ1v) is 8.45. The van der Waals surface area contributed by atoms with Gasteiger partial charge in [0.05, 0.1) is 0 Å². The Labute approximate surface area is 124 Å². The van der Waals surface area contributed by atoms with Crippen LogP contribution in [0.3, 0.4) is 0 Å². The number of fused-ring (bicyclic) bond motifs is 1. The number of para-hydroxylation sites is 1. The van der Waals surface area contributed by atoms with Crippen molar-refractivity contribution in [3.05, 3.63) is 29.8 Å². The van der Waals surface area contributed by atoms with Gasteiger partial charge in [-0.2, -0.15) is 0 Å². The molecule has 0 amide bonds. The van der Waals surface area contributed by atoms with Gasteiger partial charge in [0, 0.05) is 24.7 Å². The molecule has 0 saturated heterocycles. The summed E-state index contributed by atoms with van der Waals surface area (Å²) >= 11 is 0. The van der Waals surface area contributed by atoms with E-state index >= 15 is 0 Å². The van der Waals surface area contributed by atoms with E-state index in [-0.39, 0.29) is 0 Å². The molecule has 2 nitrogen and oxygen atoms in total. The highest BCUT2D eigenvalue weighted by Gasteiger charge is 2.18. The fourth-order valence-electron chi connectivity index (χ4n) is 3.07. The zero-order chi connectivity index (χ0) is 14.0. The Morgan fingerprint density at radius 1 is 1.10 bits per heavy atom. The normalized spacial score (nSPS) is 17.6. The average Bonchev–Trinajstić information content (AvgIpc) is 2.50. The maximum Gasteiger partial charge on any atom is 0.0376 e. The molecule has 0 bridgehead atoms. The molecule has 1 aliphatic heterocycles. The molecule has 0 fully saturated rings. The van der Waals surface area contributed by atoms with Gasteiger partial charge in [0.15, 0.2) is 0 Å². The summed E-state index contributed by atoms with van der Waals surface area (Å²) in [5.41, 5.74) is 2.83. The molecule has 0 spiro atoms. The van der Waals surface area contributed by atoms with Crippen LogP contribution in [0.25, 0.3) is 0 Å². The minimum absolute atomic E-state index is 0.688. The molecule has 2 N–H and O–H groups in total. The van der Waals surface area contributed by atoms with Crippen molar-refractivity contribution in [3.8, 4) is 0 Å². The minimum atomic E-state index is 0.688. The number of benzene rings is 1. The van der Waals surface area contributed by atoms with E-state index in [1.807, 2.05) is 0 Å². The molecule has 1 heterocycles. The highest BCUT2D eigenvalue weighted by Crippen LogP contribution is 2.30. The van der Waals surface area contributed by atoms with Crippen LogP contribution in [0.15, 0.2) is 24.3 Å². The van der Waals surface area contributed by atoms with Crippen LogP contribution < -0.4 is 10.6 Å². The Kier molecular flexibility index (Phi) is 6.93. The predicted octanol–water partition coefficient (Wildman–Crippen LogP) is 4.54. The van der Waals surface area contributed by atoms with E-state index in [2.05, 4.69) is 41.8 Å². The van der Waals surface area contributed by atoms with Crippen molar-refractivity contribution in [1.82, 2.24) is 5.32 Å². The van der Waals surface area contributed by atoms with E-state index in [0.29, 0.717) is 5.92 Å². The van der Waals surface area contributed by atoms with Crippen molar-refractivity contribution >= 4 is 5.69 Å². The number of hydrogen-bond acceptors (Lipinski definition) is 2. The van der Waals surface area contributed by atoms with Crippen molar-refractivity contribution in [3.63, 3.8) is 0 Å². The standard InChI is InChI=1S/C18H30N2/c1-2-3-4-5-6-9-13-19-15-16-12-14-20-18-11-8-7-10-17(16)18/h7-8,10-11,16,19-20H,2-6,9,12-15H2,1H3. The molecule has 20 heavy (non-hydrogen) atoms. The van der Waals surface area contributed by atoms with E-state index in [1.54, 1.807) is 0 Å². The predicted molar refractivity (Wildman–Crippen MR) is 88.5 cm³/mol. The largest absolute Gasteiger partial charge is 0.385 e. The second-order valence-electron chi connectivity index (χ2n) is 5.97. The van der Waals surface area contributed by atoms with Gasteiger partial charge in [-0.3, -0.25) is 0 Å². The highest BCUT2D eigenvalue weighted by molar-refractivity contribution is 5.54. The summed E-state index contributed by atoms with van der Waals surface area (Å²) in [4.78, 5) is 0. The molecule has 112 valence electrons. The van der Waals surface area contributed by atoms with E-state index in [4.69, 9.17) is 0 Å². The third-order valence-electron chi connectivity index (χ3n) is 4.31. The molecule has 0 aliphatic carbocycles. The number of anilines is 1. The Hall–Kier alpha value is -1.02. The van der Waals surface area contributed by atoms with Gasteiger partial charge in [-0.15, -0.1) is 0 Å². The summed E-state index contributed by atoms with van der Waals surface area (Å²) in [5, 5.41) is 7.15. The molecule has 1 aromatic rings. The van der Waals surface area contributed by atoms with Crippen molar-refractivity contribution < 1.29 is 0 Å². The van der Waals surface area contributed by atoms with Crippen LogP contribution in [0.1, 0.15) is 63.4 Å². The van der Waals surface area contributed by atoms with Crippen LogP contribution in [-0.4, -0.2) is 19.6 Å². The average molecular weight is 274 g/mol. The lowest BCUT2D eigenvalue weighted by atomic mass is 9.91. The second-order valence-corrected chi connectivity index (χ2v) is 5.97. The SMILES string of the molecule is CCCCCCCCNCC1CCNc2ccccc21. The molecule has 1 aromatic carbocycles. The fourth-order valence-corrected chi connectivity index (χ4v) is 3.07. The van der Waals surface area contributed by atoms with Crippen molar-refractivity contribution in [1.29, 1.82) is 0 Å². The summed E-state index contributed by atoms with van der Waals surface area (Å²) in [6.45, 7) is 5.70. The van der Waals surface area contributed by atoms with Crippen LogP contribution in [0.4, 0.5) is 5.69 Å². The van der Waals surface area contributed by atoms with Crippen molar-refractivity contribution in [2.45, 2.75) is 57.8 Å². The Bertz CT molecular complexity index is 375. The highest BCUT2D eigenvalue weighted by atomic mass is 14.9. The van der Waals surface area contributed by atoms with Gasteiger partial charge in [-0.1, -0.05) is 57.2 Å². The number of hydrogen-bond donors (Lipinski definition) is 2. The van der Waals surface area contributed by atoms with Gasteiger partial charge in [0.2, 0.25) is 0 Å². The van der Waals surface area contributed by atoms with Crippen LogP contribution in [0, 0.1) is 0 Å².